The van der Waals surface area contributed by atoms with E-state index in [1.165, 1.54) is 17.1 Å². The molecular formula is C31H55N5O4. The average molecular weight is 562 g/mol. The molecule has 2 aliphatic heterocycles. The smallest absolute Gasteiger partial charge is 0.0980 e. The van der Waals surface area contributed by atoms with Crippen LogP contribution in [0.4, 0.5) is 11.4 Å². The van der Waals surface area contributed by atoms with Gasteiger partial charge in [0.1, 0.15) is 0 Å². The van der Waals surface area contributed by atoms with Crippen LogP contribution in [-0.2, 0) is 16.0 Å². The Morgan fingerprint density at radius 3 is 2.12 bits per heavy atom. The van der Waals surface area contributed by atoms with Crippen molar-refractivity contribution in [3.63, 3.8) is 0 Å². The van der Waals surface area contributed by atoms with Crippen LogP contribution in [0.2, 0.25) is 0 Å². The second-order valence-corrected chi connectivity index (χ2v) is 10.6. The van der Waals surface area contributed by atoms with E-state index in [0.717, 1.165) is 57.3 Å². The predicted octanol–water partition coefficient (Wildman–Crippen LogP) is 4.10. The fourth-order valence-corrected chi connectivity index (χ4v) is 4.05. The average Bonchev–Trinajstić information content (AvgIpc) is 2.95. The summed E-state index contributed by atoms with van der Waals surface area (Å²) in [6.45, 7) is 20.6. The first kappa shape index (κ1) is 35.7. The minimum atomic E-state index is -0.167. The molecule has 2 aromatic heterocycles. The van der Waals surface area contributed by atoms with E-state index in [1.54, 1.807) is 13.8 Å². The summed E-state index contributed by atoms with van der Waals surface area (Å²) in [7, 11) is 4.18. The molecule has 2 fully saturated rings. The molecule has 2 aliphatic rings. The van der Waals surface area contributed by atoms with Gasteiger partial charge in [-0.25, -0.2) is 0 Å². The summed E-state index contributed by atoms with van der Waals surface area (Å²) in [5.74, 6) is 0.472. The highest BCUT2D eigenvalue weighted by Crippen LogP contribution is 2.24. The van der Waals surface area contributed by atoms with E-state index in [1.807, 2.05) is 33.0 Å². The van der Waals surface area contributed by atoms with Crippen molar-refractivity contribution in [3.05, 3.63) is 47.5 Å². The van der Waals surface area contributed by atoms with Gasteiger partial charge >= 0.3 is 0 Å². The summed E-state index contributed by atoms with van der Waals surface area (Å²) in [4.78, 5) is 15.9. The van der Waals surface area contributed by atoms with Gasteiger partial charge in [0.05, 0.1) is 55.8 Å². The van der Waals surface area contributed by atoms with Gasteiger partial charge in [0.15, 0.2) is 0 Å². The highest BCUT2D eigenvalue weighted by atomic mass is 16.5. The first-order valence-corrected chi connectivity index (χ1v) is 14.7. The molecule has 1 atom stereocenters. The monoisotopic (exact) mass is 561 g/mol. The number of hydrogen-bond donors (Lipinski definition) is 2. The molecular weight excluding hydrogens is 506 g/mol. The lowest BCUT2D eigenvalue weighted by Crippen LogP contribution is -2.44. The molecule has 0 aromatic carbocycles. The summed E-state index contributed by atoms with van der Waals surface area (Å²) >= 11 is 0. The summed E-state index contributed by atoms with van der Waals surface area (Å²) in [6.07, 6.45) is 1.63. The summed E-state index contributed by atoms with van der Waals surface area (Å²) in [5, 5.41) is 17.1. The van der Waals surface area contributed by atoms with Crippen molar-refractivity contribution in [3.8, 4) is 0 Å². The number of pyridine rings is 2. The summed E-state index contributed by atoms with van der Waals surface area (Å²) in [5.41, 5.74) is 5.74. The lowest BCUT2D eigenvalue weighted by Gasteiger charge is -2.33. The normalized spacial score (nSPS) is 17.0. The number of ether oxygens (including phenoxy) is 2. The van der Waals surface area contributed by atoms with E-state index in [9.17, 15) is 0 Å². The largest absolute Gasteiger partial charge is 0.394 e. The number of morpholine rings is 2. The molecule has 0 amide bonds. The molecule has 0 radical (unpaired) electrons. The molecule has 9 nitrogen and oxygen atoms in total. The Balaban J connectivity index is 0.000000340. The predicted molar refractivity (Wildman–Crippen MR) is 165 cm³/mol. The van der Waals surface area contributed by atoms with Crippen LogP contribution in [0.1, 0.15) is 64.5 Å². The van der Waals surface area contributed by atoms with Gasteiger partial charge in [0.2, 0.25) is 0 Å². The first-order chi connectivity index (χ1) is 19.1. The van der Waals surface area contributed by atoms with Gasteiger partial charge in [-0.2, -0.15) is 0 Å². The molecule has 0 spiro atoms. The highest BCUT2D eigenvalue weighted by Gasteiger charge is 2.20. The number of aliphatic hydroxyl groups is 2. The molecule has 4 rings (SSSR count). The van der Waals surface area contributed by atoms with Crippen LogP contribution in [-0.4, -0.2) is 104 Å². The van der Waals surface area contributed by atoms with Crippen molar-refractivity contribution in [2.45, 2.75) is 73.1 Å². The second-order valence-electron chi connectivity index (χ2n) is 10.6. The molecule has 0 saturated carbocycles. The van der Waals surface area contributed by atoms with E-state index in [-0.39, 0.29) is 18.8 Å². The quantitative estimate of drug-likeness (QED) is 0.540. The molecule has 9 heteroatoms. The third-order valence-electron chi connectivity index (χ3n) is 5.98. The molecule has 4 heterocycles. The fraction of sp³-hybridized carbons (Fsp3) is 0.677. The maximum Gasteiger partial charge on any atom is 0.0980 e. The number of aliphatic hydroxyl groups excluding tert-OH is 2. The number of aryl methyl sites for hydroxylation is 1. The molecule has 228 valence electrons. The van der Waals surface area contributed by atoms with Crippen LogP contribution < -0.4 is 9.80 Å². The van der Waals surface area contributed by atoms with Gasteiger partial charge in [-0.15, -0.1) is 0 Å². The Kier molecular flexibility index (Phi) is 17.6. The maximum absolute atomic E-state index is 9.03. The second kappa shape index (κ2) is 19.7. The lowest BCUT2D eigenvalue weighted by molar-refractivity contribution is 0.00355. The van der Waals surface area contributed by atoms with E-state index >= 15 is 0 Å². The lowest BCUT2D eigenvalue weighted by atomic mass is 10.1. The number of nitrogens with zero attached hydrogens (tertiary/aromatic N) is 5. The maximum atomic E-state index is 9.03. The van der Waals surface area contributed by atoms with Gasteiger partial charge in [0.25, 0.3) is 0 Å². The zero-order valence-corrected chi connectivity index (χ0v) is 26.4. The van der Waals surface area contributed by atoms with E-state index in [4.69, 9.17) is 24.7 Å². The number of anilines is 2. The minimum absolute atomic E-state index is 0.0694. The van der Waals surface area contributed by atoms with Crippen molar-refractivity contribution < 1.29 is 19.7 Å². The molecule has 0 aliphatic carbocycles. The standard InChI is InChI=1S/C15H25N3O.C11H16N2O2.C3H8O.C2H6/c1-12(2)13-5-6-15(14(16-13)11-17(3)4)18-7-9-19-10-8-18;1-9-2-3-10(6-12-9)13-4-5-15-11(7-13)8-14;1-3(2)4;1-2/h5-6,12H,7-11H2,1-4H3;2-3,6,11,14H,4-5,7-8H2,1H3;3-4H,1-2H3;1-2H3. The van der Waals surface area contributed by atoms with Crippen molar-refractivity contribution >= 4 is 11.4 Å². The van der Waals surface area contributed by atoms with Crippen molar-refractivity contribution in [1.82, 2.24) is 14.9 Å². The zero-order chi connectivity index (χ0) is 30.1. The first-order valence-electron chi connectivity index (χ1n) is 14.7. The van der Waals surface area contributed by atoms with E-state index < -0.39 is 0 Å². The van der Waals surface area contributed by atoms with Gasteiger partial charge in [-0.05, 0) is 65.0 Å². The Morgan fingerprint density at radius 2 is 1.60 bits per heavy atom. The third kappa shape index (κ3) is 13.4. The molecule has 40 heavy (non-hydrogen) atoms. The minimum Gasteiger partial charge on any atom is -0.394 e. The Labute approximate surface area is 243 Å². The van der Waals surface area contributed by atoms with Crippen LogP contribution in [0.15, 0.2) is 30.5 Å². The van der Waals surface area contributed by atoms with Gasteiger partial charge in [0, 0.05) is 50.2 Å². The van der Waals surface area contributed by atoms with Gasteiger partial charge in [-0.1, -0.05) is 27.7 Å². The van der Waals surface area contributed by atoms with Crippen molar-refractivity contribution in [1.29, 1.82) is 0 Å². The third-order valence-corrected chi connectivity index (χ3v) is 5.98. The van der Waals surface area contributed by atoms with Gasteiger partial charge in [-0.3, -0.25) is 9.97 Å². The molecule has 1 unspecified atom stereocenters. The Hall–Kier alpha value is -2.30. The summed E-state index contributed by atoms with van der Waals surface area (Å²) in [6, 6.07) is 8.45. The topological polar surface area (TPSA) is 94.4 Å². The number of rotatable bonds is 6. The van der Waals surface area contributed by atoms with Crippen LogP contribution >= 0.6 is 0 Å². The van der Waals surface area contributed by atoms with E-state index in [2.05, 4.69) is 65.8 Å². The van der Waals surface area contributed by atoms with Crippen LogP contribution in [0.25, 0.3) is 0 Å². The van der Waals surface area contributed by atoms with Crippen molar-refractivity contribution in [2.24, 2.45) is 0 Å². The summed E-state index contributed by atoms with van der Waals surface area (Å²) < 4.78 is 10.8. The van der Waals surface area contributed by atoms with Crippen LogP contribution in [0.3, 0.4) is 0 Å². The van der Waals surface area contributed by atoms with Gasteiger partial charge < -0.3 is 34.4 Å². The molecule has 2 N–H and O–H groups in total. The Bertz CT molecular complexity index is 916. The van der Waals surface area contributed by atoms with Crippen LogP contribution in [0, 0.1) is 6.92 Å². The molecule has 0 bridgehead atoms. The SMILES string of the molecule is CC.CC(C)O.CC(C)c1ccc(N2CCOCC2)c(CN(C)C)n1.Cc1ccc(N2CCOC(CO)C2)cn1. The zero-order valence-electron chi connectivity index (χ0n) is 26.4. The Morgan fingerprint density at radius 1 is 0.975 bits per heavy atom. The number of aromatic nitrogens is 2. The van der Waals surface area contributed by atoms with E-state index in [0.29, 0.717) is 12.5 Å². The fourth-order valence-electron chi connectivity index (χ4n) is 4.05. The van der Waals surface area contributed by atoms with Crippen LogP contribution in [0.5, 0.6) is 0 Å². The molecule has 2 saturated heterocycles. The number of hydrogen-bond acceptors (Lipinski definition) is 9. The van der Waals surface area contributed by atoms with Crippen molar-refractivity contribution in [2.75, 3.05) is 76.5 Å². The molecule has 2 aromatic rings. The highest BCUT2D eigenvalue weighted by molar-refractivity contribution is 5.52.